The van der Waals surface area contributed by atoms with Crippen molar-refractivity contribution >= 4 is 29.1 Å². The van der Waals surface area contributed by atoms with Gasteiger partial charge in [-0.25, -0.2) is 9.38 Å². The molecule has 9 heteroatoms. The van der Waals surface area contributed by atoms with Crippen LogP contribution in [0.5, 0.6) is 11.5 Å². The summed E-state index contributed by atoms with van der Waals surface area (Å²) in [4.78, 5) is 28.8. The Balaban J connectivity index is 1.46. The number of benzene rings is 2. The minimum Gasteiger partial charge on any atom is -0.486 e. The third kappa shape index (κ3) is 4.03. The number of carbonyl (C=O) groups is 2. The van der Waals surface area contributed by atoms with Crippen LogP contribution in [0.1, 0.15) is 6.42 Å². The highest BCUT2D eigenvalue weighted by Crippen LogP contribution is 2.32. The molecule has 0 spiro atoms. The van der Waals surface area contributed by atoms with Crippen LogP contribution in [0.25, 0.3) is 0 Å². The number of aliphatic imine (C=N–C) groups is 1. The van der Waals surface area contributed by atoms with E-state index >= 15 is 0 Å². The first-order chi connectivity index (χ1) is 13.6. The lowest BCUT2D eigenvalue weighted by molar-refractivity contribution is -0.124. The number of rotatable bonds is 3. The summed E-state index contributed by atoms with van der Waals surface area (Å²) in [6.07, 6.45) is -0.0784. The van der Waals surface area contributed by atoms with Gasteiger partial charge in [0.25, 0.3) is 0 Å². The van der Waals surface area contributed by atoms with Gasteiger partial charge in [-0.05, 0) is 36.4 Å². The predicted octanol–water partition coefficient (Wildman–Crippen LogP) is 1.89. The van der Waals surface area contributed by atoms with E-state index in [2.05, 4.69) is 20.9 Å². The van der Waals surface area contributed by atoms with Crippen molar-refractivity contribution in [2.45, 2.75) is 12.5 Å². The molecule has 2 aliphatic rings. The number of hydrogen-bond donors (Lipinski definition) is 3. The van der Waals surface area contributed by atoms with E-state index in [1.54, 1.807) is 18.2 Å². The van der Waals surface area contributed by atoms with Crippen molar-refractivity contribution in [1.82, 2.24) is 5.32 Å². The van der Waals surface area contributed by atoms with Crippen molar-refractivity contribution in [3.8, 4) is 11.5 Å². The summed E-state index contributed by atoms with van der Waals surface area (Å²) in [6, 6.07) is 9.73. The fourth-order valence-electron chi connectivity index (χ4n) is 2.82. The summed E-state index contributed by atoms with van der Waals surface area (Å²) in [7, 11) is 0. The number of amides is 2. The number of ether oxygens (including phenoxy) is 2. The van der Waals surface area contributed by atoms with E-state index in [9.17, 15) is 14.0 Å². The molecule has 1 atom stereocenters. The normalized spacial score (nSPS) is 18.0. The molecule has 2 heterocycles. The highest BCUT2D eigenvalue weighted by Gasteiger charge is 2.27. The van der Waals surface area contributed by atoms with Gasteiger partial charge in [0.05, 0.1) is 6.42 Å². The van der Waals surface area contributed by atoms with Crippen LogP contribution in [-0.2, 0) is 9.59 Å². The molecule has 8 nitrogen and oxygen atoms in total. The lowest BCUT2D eigenvalue weighted by Gasteiger charge is -2.22. The summed E-state index contributed by atoms with van der Waals surface area (Å²) in [6.45, 7) is 0.921. The third-order valence-corrected chi connectivity index (χ3v) is 4.14. The monoisotopic (exact) mass is 384 g/mol. The molecule has 2 amide bonds. The van der Waals surface area contributed by atoms with Gasteiger partial charge in [0.2, 0.25) is 17.8 Å². The molecule has 0 unspecified atom stereocenters. The van der Waals surface area contributed by atoms with Gasteiger partial charge < -0.3 is 20.1 Å². The van der Waals surface area contributed by atoms with Crippen molar-refractivity contribution in [1.29, 1.82) is 0 Å². The minimum absolute atomic E-state index is 0.0784. The molecule has 0 aliphatic carbocycles. The van der Waals surface area contributed by atoms with Crippen LogP contribution in [0.2, 0.25) is 0 Å². The molecule has 4 rings (SSSR count). The Hall–Kier alpha value is -3.62. The molecule has 0 aromatic heterocycles. The van der Waals surface area contributed by atoms with E-state index in [0.29, 0.717) is 36.1 Å². The summed E-state index contributed by atoms with van der Waals surface area (Å²) in [5, 5.41) is 8.16. The average Bonchev–Trinajstić information content (AvgIpc) is 2.69. The number of halogens is 1. The molecule has 0 radical (unpaired) electrons. The van der Waals surface area contributed by atoms with Crippen LogP contribution in [0.15, 0.2) is 47.5 Å². The van der Waals surface area contributed by atoms with E-state index in [1.807, 2.05) is 0 Å². The summed E-state index contributed by atoms with van der Waals surface area (Å²) < 4.78 is 24.0. The zero-order valence-electron chi connectivity index (χ0n) is 14.7. The van der Waals surface area contributed by atoms with Crippen molar-refractivity contribution in [3.05, 3.63) is 48.3 Å². The van der Waals surface area contributed by atoms with Gasteiger partial charge in [0, 0.05) is 17.4 Å². The molecule has 2 aromatic rings. The Morgan fingerprint density at radius 1 is 1.07 bits per heavy atom. The zero-order chi connectivity index (χ0) is 19.5. The van der Waals surface area contributed by atoms with Crippen molar-refractivity contribution in [3.63, 3.8) is 0 Å². The number of hydrogen-bond acceptors (Lipinski definition) is 6. The zero-order valence-corrected chi connectivity index (χ0v) is 14.7. The van der Waals surface area contributed by atoms with Crippen LogP contribution in [0.3, 0.4) is 0 Å². The molecule has 0 saturated carbocycles. The van der Waals surface area contributed by atoms with Gasteiger partial charge in [-0.1, -0.05) is 0 Å². The van der Waals surface area contributed by atoms with Crippen molar-refractivity contribution in [2.24, 2.45) is 4.99 Å². The number of fused-ring (bicyclic) bond motifs is 1. The third-order valence-electron chi connectivity index (χ3n) is 4.14. The number of anilines is 2. The largest absolute Gasteiger partial charge is 0.486 e. The smallest absolute Gasteiger partial charge is 0.249 e. The Labute approximate surface area is 159 Å². The molecule has 2 aliphatic heterocycles. The molecule has 0 bridgehead atoms. The first-order valence-corrected chi connectivity index (χ1v) is 8.67. The van der Waals surface area contributed by atoms with Gasteiger partial charge in [-0.15, -0.1) is 0 Å². The second-order valence-corrected chi connectivity index (χ2v) is 6.23. The Bertz CT molecular complexity index is 945. The van der Waals surface area contributed by atoms with Crippen LogP contribution in [0, 0.1) is 5.82 Å². The lowest BCUT2D eigenvalue weighted by atomic mass is 10.1. The molecule has 144 valence electrons. The highest BCUT2D eigenvalue weighted by molar-refractivity contribution is 6.10. The standard InChI is InChI=1S/C19H17FN4O4/c20-11-1-3-12(4-2-11)22-19-23-14(10-17(25)24-19)18(26)21-13-5-6-15-16(9-13)28-8-7-27-15/h1-6,9,14H,7-8,10H2,(H,21,26)(H2,22,23,24,25)/t14-/m1/s1. The molecule has 0 fully saturated rings. The van der Waals surface area contributed by atoms with Crippen LogP contribution < -0.4 is 25.4 Å². The molecule has 0 saturated heterocycles. The average molecular weight is 384 g/mol. The van der Waals surface area contributed by atoms with E-state index < -0.39 is 11.9 Å². The summed E-state index contributed by atoms with van der Waals surface area (Å²) in [5.41, 5.74) is 1.05. The maximum atomic E-state index is 13.0. The number of guanidine groups is 1. The fraction of sp³-hybridized carbons (Fsp3) is 0.211. The summed E-state index contributed by atoms with van der Waals surface area (Å²) in [5.74, 6) is 0.145. The van der Waals surface area contributed by atoms with E-state index in [1.165, 1.54) is 24.3 Å². The van der Waals surface area contributed by atoms with Crippen LogP contribution in [-0.4, -0.2) is 37.0 Å². The van der Waals surface area contributed by atoms with E-state index in [-0.39, 0.29) is 24.1 Å². The van der Waals surface area contributed by atoms with Gasteiger partial charge in [-0.3, -0.25) is 14.9 Å². The van der Waals surface area contributed by atoms with Gasteiger partial charge in [0.1, 0.15) is 25.1 Å². The first-order valence-electron chi connectivity index (χ1n) is 8.67. The van der Waals surface area contributed by atoms with E-state index in [0.717, 1.165) is 0 Å². The predicted molar refractivity (Wildman–Crippen MR) is 100 cm³/mol. The molecule has 3 N–H and O–H groups in total. The van der Waals surface area contributed by atoms with Crippen LogP contribution in [0.4, 0.5) is 15.8 Å². The number of carbonyl (C=O) groups excluding carboxylic acids is 2. The first kappa shape index (κ1) is 17.8. The van der Waals surface area contributed by atoms with Crippen molar-refractivity contribution < 1.29 is 23.5 Å². The Morgan fingerprint density at radius 3 is 2.57 bits per heavy atom. The lowest BCUT2D eigenvalue weighted by Crippen LogP contribution is -2.45. The molecular weight excluding hydrogens is 367 g/mol. The Kier molecular flexibility index (Phi) is 4.79. The maximum Gasteiger partial charge on any atom is 0.249 e. The minimum atomic E-state index is -0.898. The van der Waals surface area contributed by atoms with Gasteiger partial charge in [-0.2, -0.15) is 0 Å². The molecule has 2 aromatic carbocycles. The second-order valence-electron chi connectivity index (χ2n) is 6.23. The fourth-order valence-corrected chi connectivity index (χ4v) is 2.82. The van der Waals surface area contributed by atoms with Crippen molar-refractivity contribution in [2.75, 3.05) is 23.8 Å². The number of nitrogens with one attached hydrogen (secondary N) is 3. The van der Waals surface area contributed by atoms with Gasteiger partial charge in [0.15, 0.2) is 11.5 Å². The quantitative estimate of drug-likeness (QED) is 0.750. The topological polar surface area (TPSA) is 101 Å². The van der Waals surface area contributed by atoms with Gasteiger partial charge >= 0.3 is 0 Å². The molecular formula is C19H17FN4O4. The summed E-state index contributed by atoms with van der Waals surface area (Å²) >= 11 is 0. The Morgan fingerprint density at radius 2 is 1.79 bits per heavy atom. The maximum absolute atomic E-state index is 13.0. The number of nitrogens with zero attached hydrogens (tertiary/aromatic N) is 1. The van der Waals surface area contributed by atoms with E-state index in [4.69, 9.17) is 9.47 Å². The SMILES string of the molecule is O=C1C[C@H](C(=O)Nc2ccc3c(c2)OCCO3)N=C(Nc2ccc(F)cc2)N1. The second kappa shape index (κ2) is 7.55. The highest BCUT2D eigenvalue weighted by atomic mass is 19.1. The van der Waals surface area contributed by atoms with Crippen LogP contribution >= 0.6 is 0 Å². The molecule has 28 heavy (non-hydrogen) atoms.